The van der Waals surface area contributed by atoms with E-state index in [1.807, 2.05) is 23.1 Å². The molecular formula is C21H20N6O5. The van der Waals surface area contributed by atoms with Crippen LogP contribution in [-0.4, -0.2) is 57.7 Å². The number of piperazine rings is 1. The van der Waals surface area contributed by atoms with Crippen molar-refractivity contribution in [2.45, 2.75) is 6.54 Å². The Morgan fingerprint density at radius 1 is 1.09 bits per heavy atom. The van der Waals surface area contributed by atoms with Crippen molar-refractivity contribution < 1.29 is 19.1 Å². The third-order valence-corrected chi connectivity index (χ3v) is 5.32. The molecule has 0 aliphatic carbocycles. The van der Waals surface area contributed by atoms with Gasteiger partial charge in [0, 0.05) is 38.9 Å². The molecule has 1 saturated heterocycles. The highest BCUT2D eigenvalue weighted by atomic mass is 16.7. The minimum absolute atomic E-state index is 0.101. The molecule has 2 aromatic heterocycles. The van der Waals surface area contributed by atoms with Crippen LogP contribution in [0.25, 0.3) is 0 Å². The predicted molar refractivity (Wildman–Crippen MR) is 113 cm³/mol. The normalized spacial score (nSPS) is 15.6. The molecule has 32 heavy (non-hydrogen) atoms. The molecule has 5 rings (SSSR count). The summed E-state index contributed by atoms with van der Waals surface area (Å²) in [7, 11) is 0. The summed E-state index contributed by atoms with van der Waals surface area (Å²) in [6.45, 7) is 3.65. The lowest BCUT2D eigenvalue weighted by atomic mass is 10.1. The molecule has 2 aliphatic heterocycles. The van der Waals surface area contributed by atoms with Gasteiger partial charge in [0.15, 0.2) is 11.5 Å². The van der Waals surface area contributed by atoms with Crippen molar-refractivity contribution in [3.05, 3.63) is 64.7 Å². The summed E-state index contributed by atoms with van der Waals surface area (Å²) in [6.07, 6.45) is 4.35. The van der Waals surface area contributed by atoms with Crippen LogP contribution in [0.15, 0.2) is 49.1 Å². The number of hydrogen-bond acceptors (Lipinski definition) is 10. The third kappa shape index (κ3) is 4.10. The summed E-state index contributed by atoms with van der Waals surface area (Å²) >= 11 is 0. The molecule has 0 radical (unpaired) electrons. The molecule has 0 atom stereocenters. The Labute approximate surface area is 183 Å². The maximum atomic E-state index is 11.8. The Kier molecular flexibility index (Phi) is 5.38. The highest BCUT2D eigenvalue weighted by Crippen LogP contribution is 2.36. The van der Waals surface area contributed by atoms with Crippen LogP contribution in [0.1, 0.15) is 5.56 Å². The minimum Gasteiger partial charge on any atom is -0.454 e. The Balaban J connectivity index is 1.29. The molecule has 11 heteroatoms. The number of benzene rings is 1. The second-order valence-electron chi connectivity index (χ2n) is 7.35. The van der Waals surface area contributed by atoms with Gasteiger partial charge in [-0.3, -0.25) is 20.0 Å². The van der Waals surface area contributed by atoms with E-state index in [1.165, 1.54) is 12.5 Å². The number of nitro groups is 1. The summed E-state index contributed by atoms with van der Waals surface area (Å²) in [4.78, 5) is 27.7. The van der Waals surface area contributed by atoms with Crippen molar-refractivity contribution >= 4 is 11.5 Å². The number of pyridine rings is 1. The Hall–Kier alpha value is -3.99. The van der Waals surface area contributed by atoms with Gasteiger partial charge >= 0.3 is 11.6 Å². The number of nitrogens with zero attached hydrogens (tertiary/aromatic N) is 6. The van der Waals surface area contributed by atoms with Crippen LogP contribution >= 0.6 is 0 Å². The van der Waals surface area contributed by atoms with Crippen LogP contribution in [0, 0.1) is 10.1 Å². The minimum atomic E-state index is -0.500. The van der Waals surface area contributed by atoms with Gasteiger partial charge in [0.25, 0.3) is 0 Å². The first kappa shape index (κ1) is 19.9. The van der Waals surface area contributed by atoms with Crippen LogP contribution < -0.4 is 19.1 Å². The molecule has 0 bridgehead atoms. The molecule has 164 valence electrons. The molecule has 4 heterocycles. The van der Waals surface area contributed by atoms with Gasteiger partial charge in [-0.2, -0.15) is 4.98 Å². The zero-order chi connectivity index (χ0) is 21.9. The summed E-state index contributed by atoms with van der Waals surface area (Å²) in [5.74, 6) is 2.05. The second kappa shape index (κ2) is 8.63. The number of anilines is 1. The highest BCUT2D eigenvalue weighted by molar-refractivity contribution is 5.63. The number of rotatable bonds is 6. The Morgan fingerprint density at radius 2 is 1.94 bits per heavy atom. The summed E-state index contributed by atoms with van der Waals surface area (Å²) in [5, 5.41) is 11.8. The lowest BCUT2D eigenvalue weighted by Gasteiger charge is -2.35. The monoisotopic (exact) mass is 436 g/mol. The van der Waals surface area contributed by atoms with Gasteiger partial charge in [-0.05, 0) is 29.8 Å². The SMILES string of the molecule is O=[N+]([O-])c1c(Oc2cccnc2)ncnc1N1CCN(Cc2ccc3c(c2)OCO3)CC1. The topological polar surface area (TPSA) is 116 Å². The molecule has 0 amide bonds. The van der Waals surface area contributed by atoms with Gasteiger partial charge in [-0.1, -0.05) is 6.07 Å². The number of hydrogen-bond donors (Lipinski definition) is 0. The van der Waals surface area contributed by atoms with Crippen molar-refractivity contribution in [1.82, 2.24) is 19.9 Å². The van der Waals surface area contributed by atoms with E-state index in [1.54, 1.807) is 18.3 Å². The van der Waals surface area contributed by atoms with Crippen LogP contribution in [0.2, 0.25) is 0 Å². The van der Waals surface area contributed by atoms with E-state index in [4.69, 9.17) is 14.2 Å². The average Bonchev–Trinajstić information content (AvgIpc) is 3.28. The summed E-state index contributed by atoms with van der Waals surface area (Å²) < 4.78 is 16.4. The zero-order valence-corrected chi connectivity index (χ0v) is 17.1. The van der Waals surface area contributed by atoms with Gasteiger partial charge in [0.1, 0.15) is 12.1 Å². The summed E-state index contributed by atoms with van der Waals surface area (Å²) in [6, 6.07) is 9.28. The number of aromatic nitrogens is 3. The molecule has 1 fully saturated rings. The zero-order valence-electron chi connectivity index (χ0n) is 17.1. The lowest BCUT2D eigenvalue weighted by Crippen LogP contribution is -2.46. The maximum absolute atomic E-state index is 11.8. The first-order chi connectivity index (χ1) is 15.7. The van der Waals surface area contributed by atoms with Crippen molar-refractivity contribution in [2.24, 2.45) is 0 Å². The fourth-order valence-corrected chi connectivity index (χ4v) is 3.75. The van der Waals surface area contributed by atoms with Crippen LogP contribution in [0.3, 0.4) is 0 Å². The molecule has 1 aromatic carbocycles. The first-order valence-electron chi connectivity index (χ1n) is 10.1. The smallest absolute Gasteiger partial charge is 0.373 e. The van der Waals surface area contributed by atoms with Gasteiger partial charge in [-0.15, -0.1) is 0 Å². The van der Waals surface area contributed by atoms with Crippen molar-refractivity contribution in [3.63, 3.8) is 0 Å². The average molecular weight is 436 g/mol. The van der Waals surface area contributed by atoms with E-state index in [0.717, 1.165) is 36.7 Å². The highest BCUT2D eigenvalue weighted by Gasteiger charge is 2.30. The van der Waals surface area contributed by atoms with E-state index < -0.39 is 4.92 Å². The van der Waals surface area contributed by atoms with Crippen LogP contribution in [0.5, 0.6) is 23.1 Å². The van der Waals surface area contributed by atoms with E-state index in [0.29, 0.717) is 18.8 Å². The van der Waals surface area contributed by atoms with Crippen molar-refractivity contribution in [3.8, 4) is 23.1 Å². The van der Waals surface area contributed by atoms with Crippen molar-refractivity contribution in [2.75, 3.05) is 37.9 Å². The van der Waals surface area contributed by atoms with Gasteiger partial charge in [0.05, 0.1) is 11.1 Å². The largest absolute Gasteiger partial charge is 0.454 e. The van der Waals surface area contributed by atoms with E-state index in [-0.39, 0.29) is 24.2 Å². The Morgan fingerprint density at radius 3 is 2.72 bits per heavy atom. The molecular weight excluding hydrogens is 416 g/mol. The predicted octanol–water partition coefficient (Wildman–Crippen LogP) is 2.62. The number of fused-ring (bicyclic) bond motifs is 1. The Bertz CT molecular complexity index is 1120. The molecule has 11 nitrogen and oxygen atoms in total. The standard InChI is InChI=1S/C21H20N6O5/c28-27(29)19-20(23-13-24-21(19)32-16-2-1-5-22-11-16)26-8-6-25(7-9-26)12-15-3-4-17-18(10-15)31-14-30-17/h1-5,10-11,13H,6-9,12,14H2. The molecule has 0 unspecified atom stereocenters. The van der Waals surface area contributed by atoms with E-state index >= 15 is 0 Å². The van der Waals surface area contributed by atoms with Gasteiger partial charge in [0.2, 0.25) is 12.6 Å². The molecule has 0 N–H and O–H groups in total. The second-order valence-corrected chi connectivity index (χ2v) is 7.35. The molecule has 2 aliphatic rings. The molecule has 3 aromatic rings. The molecule has 0 spiro atoms. The van der Waals surface area contributed by atoms with Gasteiger partial charge < -0.3 is 19.1 Å². The molecule has 0 saturated carbocycles. The first-order valence-corrected chi connectivity index (χ1v) is 10.1. The van der Waals surface area contributed by atoms with Crippen LogP contribution in [-0.2, 0) is 6.54 Å². The van der Waals surface area contributed by atoms with Gasteiger partial charge in [-0.25, -0.2) is 4.98 Å². The van der Waals surface area contributed by atoms with Crippen LogP contribution in [0.4, 0.5) is 11.5 Å². The fraction of sp³-hybridized carbons (Fsp3) is 0.286. The summed E-state index contributed by atoms with van der Waals surface area (Å²) in [5.41, 5.74) is 0.878. The lowest BCUT2D eigenvalue weighted by molar-refractivity contribution is -0.385. The van der Waals surface area contributed by atoms with Crippen molar-refractivity contribution in [1.29, 1.82) is 0 Å². The third-order valence-electron chi connectivity index (χ3n) is 5.32. The number of ether oxygens (including phenoxy) is 3. The fourth-order valence-electron chi connectivity index (χ4n) is 3.75. The van der Waals surface area contributed by atoms with E-state index in [2.05, 4.69) is 19.9 Å². The van der Waals surface area contributed by atoms with E-state index in [9.17, 15) is 10.1 Å². The maximum Gasteiger partial charge on any atom is 0.373 e. The quantitative estimate of drug-likeness (QED) is 0.422.